The SMILES string of the molecule is CCCCCc1ccc(NC(C)CCCCC)cc1. The Morgan fingerprint density at radius 3 is 2.16 bits per heavy atom. The van der Waals surface area contributed by atoms with Crippen molar-refractivity contribution in [2.75, 3.05) is 5.32 Å². The molecule has 108 valence electrons. The third kappa shape index (κ3) is 7.25. The molecule has 1 N–H and O–H groups in total. The van der Waals surface area contributed by atoms with Crippen LogP contribution < -0.4 is 5.32 Å². The normalized spacial score (nSPS) is 12.4. The first kappa shape index (κ1) is 16.1. The van der Waals surface area contributed by atoms with Crippen molar-refractivity contribution in [3.8, 4) is 0 Å². The summed E-state index contributed by atoms with van der Waals surface area (Å²) >= 11 is 0. The van der Waals surface area contributed by atoms with Gasteiger partial charge in [0.15, 0.2) is 0 Å². The maximum absolute atomic E-state index is 3.60. The molecule has 19 heavy (non-hydrogen) atoms. The second kappa shape index (κ2) is 9.89. The number of hydrogen-bond acceptors (Lipinski definition) is 1. The highest BCUT2D eigenvalue weighted by atomic mass is 14.9. The lowest BCUT2D eigenvalue weighted by Crippen LogP contribution is -2.14. The van der Waals surface area contributed by atoms with Crippen LogP contribution >= 0.6 is 0 Å². The molecule has 0 saturated heterocycles. The molecule has 1 atom stereocenters. The summed E-state index contributed by atoms with van der Waals surface area (Å²) in [6.07, 6.45) is 10.4. The molecular weight excluding hydrogens is 230 g/mol. The predicted octanol–water partition coefficient (Wildman–Crippen LogP) is 5.80. The number of unbranched alkanes of at least 4 members (excludes halogenated alkanes) is 4. The van der Waals surface area contributed by atoms with Crippen LogP contribution in [-0.4, -0.2) is 6.04 Å². The van der Waals surface area contributed by atoms with Crippen molar-refractivity contribution in [2.24, 2.45) is 0 Å². The monoisotopic (exact) mass is 261 g/mol. The Bertz CT molecular complexity index is 315. The first-order chi connectivity index (χ1) is 9.26. The van der Waals surface area contributed by atoms with E-state index in [-0.39, 0.29) is 0 Å². The van der Waals surface area contributed by atoms with Gasteiger partial charge in [0.2, 0.25) is 0 Å². The van der Waals surface area contributed by atoms with Crippen molar-refractivity contribution in [1.29, 1.82) is 0 Å². The maximum Gasteiger partial charge on any atom is 0.0342 e. The highest BCUT2D eigenvalue weighted by Gasteiger charge is 2.01. The highest BCUT2D eigenvalue weighted by molar-refractivity contribution is 5.45. The maximum atomic E-state index is 3.60. The standard InChI is InChI=1S/C18H31N/c1-4-6-8-10-16(3)19-18-14-12-17(13-15-18)11-9-7-5-2/h12-16,19H,4-11H2,1-3H3. The van der Waals surface area contributed by atoms with Gasteiger partial charge in [0, 0.05) is 11.7 Å². The van der Waals surface area contributed by atoms with Crippen LogP contribution in [0.4, 0.5) is 5.69 Å². The van der Waals surface area contributed by atoms with E-state index in [2.05, 4.69) is 50.4 Å². The van der Waals surface area contributed by atoms with Crippen LogP contribution in [0.3, 0.4) is 0 Å². The van der Waals surface area contributed by atoms with Gasteiger partial charge in [0.05, 0.1) is 0 Å². The van der Waals surface area contributed by atoms with E-state index in [9.17, 15) is 0 Å². The molecule has 0 heterocycles. The quantitative estimate of drug-likeness (QED) is 0.525. The zero-order valence-corrected chi connectivity index (χ0v) is 13.0. The van der Waals surface area contributed by atoms with Gasteiger partial charge in [0.25, 0.3) is 0 Å². The first-order valence-corrected chi connectivity index (χ1v) is 8.11. The van der Waals surface area contributed by atoms with Crippen molar-refractivity contribution in [3.05, 3.63) is 29.8 Å². The van der Waals surface area contributed by atoms with E-state index in [1.165, 1.54) is 62.6 Å². The average Bonchev–Trinajstić information content (AvgIpc) is 2.41. The third-order valence-electron chi connectivity index (χ3n) is 3.68. The average molecular weight is 261 g/mol. The Morgan fingerprint density at radius 1 is 0.895 bits per heavy atom. The Morgan fingerprint density at radius 2 is 1.53 bits per heavy atom. The minimum absolute atomic E-state index is 0.581. The molecular formula is C18H31N. The van der Waals surface area contributed by atoms with Crippen LogP contribution in [0.25, 0.3) is 0 Å². The summed E-state index contributed by atoms with van der Waals surface area (Å²) in [5.41, 5.74) is 2.74. The van der Waals surface area contributed by atoms with E-state index >= 15 is 0 Å². The van der Waals surface area contributed by atoms with Crippen LogP contribution in [0.5, 0.6) is 0 Å². The number of aryl methyl sites for hydroxylation is 1. The molecule has 0 aromatic heterocycles. The van der Waals surface area contributed by atoms with E-state index in [1.807, 2.05) is 0 Å². The Balaban J connectivity index is 2.30. The first-order valence-electron chi connectivity index (χ1n) is 8.11. The fourth-order valence-corrected chi connectivity index (χ4v) is 2.40. The topological polar surface area (TPSA) is 12.0 Å². The lowest BCUT2D eigenvalue weighted by molar-refractivity contribution is 0.615. The molecule has 0 saturated carbocycles. The number of nitrogens with one attached hydrogen (secondary N) is 1. The van der Waals surface area contributed by atoms with Crippen molar-refractivity contribution < 1.29 is 0 Å². The molecule has 0 fully saturated rings. The molecule has 1 unspecified atom stereocenters. The van der Waals surface area contributed by atoms with Crippen molar-refractivity contribution in [3.63, 3.8) is 0 Å². The number of anilines is 1. The summed E-state index contributed by atoms with van der Waals surface area (Å²) in [5.74, 6) is 0. The molecule has 0 spiro atoms. The summed E-state index contributed by atoms with van der Waals surface area (Å²) in [6.45, 7) is 6.80. The van der Waals surface area contributed by atoms with Gasteiger partial charge < -0.3 is 5.32 Å². The molecule has 0 aliphatic rings. The molecule has 0 aliphatic carbocycles. The van der Waals surface area contributed by atoms with E-state index < -0.39 is 0 Å². The summed E-state index contributed by atoms with van der Waals surface area (Å²) in [7, 11) is 0. The van der Waals surface area contributed by atoms with Gasteiger partial charge in [-0.2, -0.15) is 0 Å². The molecule has 0 aliphatic heterocycles. The summed E-state index contributed by atoms with van der Waals surface area (Å²) in [6, 6.07) is 9.60. The van der Waals surface area contributed by atoms with Crippen molar-refractivity contribution >= 4 is 5.69 Å². The second-order valence-corrected chi connectivity index (χ2v) is 5.70. The van der Waals surface area contributed by atoms with E-state index in [1.54, 1.807) is 0 Å². The molecule has 1 aromatic rings. The molecule has 0 bridgehead atoms. The zero-order valence-electron chi connectivity index (χ0n) is 13.0. The van der Waals surface area contributed by atoms with Gasteiger partial charge in [-0.3, -0.25) is 0 Å². The minimum atomic E-state index is 0.581. The molecule has 0 amide bonds. The van der Waals surface area contributed by atoms with E-state index in [0.717, 1.165) is 0 Å². The van der Waals surface area contributed by atoms with Crippen LogP contribution in [-0.2, 0) is 6.42 Å². The van der Waals surface area contributed by atoms with Crippen molar-refractivity contribution in [2.45, 2.75) is 78.2 Å². The Kier molecular flexibility index (Phi) is 8.36. The van der Waals surface area contributed by atoms with Gasteiger partial charge in [-0.15, -0.1) is 0 Å². The van der Waals surface area contributed by atoms with Gasteiger partial charge in [0.1, 0.15) is 0 Å². The summed E-state index contributed by atoms with van der Waals surface area (Å²) < 4.78 is 0. The zero-order chi connectivity index (χ0) is 13.9. The van der Waals surface area contributed by atoms with Crippen LogP contribution in [0.15, 0.2) is 24.3 Å². The van der Waals surface area contributed by atoms with E-state index in [0.29, 0.717) is 6.04 Å². The fraction of sp³-hybridized carbons (Fsp3) is 0.667. The summed E-state index contributed by atoms with van der Waals surface area (Å²) in [5, 5.41) is 3.60. The van der Waals surface area contributed by atoms with Gasteiger partial charge in [-0.05, 0) is 43.9 Å². The predicted molar refractivity (Wildman–Crippen MR) is 86.9 cm³/mol. The molecule has 0 radical (unpaired) electrons. The van der Waals surface area contributed by atoms with Gasteiger partial charge in [-0.25, -0.2) is 0 Å². The second-order valence-electron chi connectivity index (χ2n) is 5.70. The van der Waals surface area contributed by atoms with Gasteiger partial charge >= 0.3 is 0 Å². The number of benzene rings is 1. The van der Waals surface area contributed by atoms with Crippen LogP contribution in [0.1, 0.15) is 71.3 Å². The largest absolute Gasteiger partial charge is 0.383 e. The van der Waals surface area contributed by atoms with Crippen LogP contribution in [0, 0.1) is 0 Å². The van der Waals surface area contributed by atoms with Crippen LogP contribution in [0.2, 0.25) is 0 Å². The Hall–Kier alpha value is -0.980. The molecule has 1 nitrogen and oxygen atoms in total. The lowest BCUT2D eigenvalue weighted by atomic mass is 10.1. The molecule has 1 aromatic carbocycles. The summed E-state index contributed by atoms with van der Waals surface area (Å²) in [4.78, 5) is 0. The highest BCUT2D eigenvalue weighted by Crippen LogP contribution is 2.15. The number of rotatable bonds is 10. The van der Waals surface area contributed by atoms with E-state index in [4.69, 9.17) is 0 Å². The molecule has 1 rings (SSSR count). The minimum Gasteiger partial charge on any atom is -0.383 e. The number of hydrogen-bond donors (Lipinski definition) is 1. The lowest BCUT2D eigenvalue weighted by Gasteiger charge is -2.15. The third-order valence-corrected chi connectivity index (χ3v) is 3.68. The molecule has 1 heteroatoms. The smallest absolute Gasteiger partial charge is 0.0342 e. The fourth-order valence-electron chi connectivity index (χ4n) is 2.40. The van der Waals surface area contributed by atoms with Gasteiger partial charge in [-0.1, -0.05) is 58.1 Å². The van der Waals surface area contributed by atoms with Crippen molar-refractivity contribution in [1.82, 2.24) is 0 Å². The Labute approximate surface area is 119 Å².